The van der Waals surface area contributed by atoms with Gasteiger partial charge in [0.1, 0.15) is 6.33 Å². The van der Waals surface area contributed by atoms with E-state index < -0.39 is 0 Å². The zero-order valence-electron chi connectivity index (χ0n) is 8.19. The highest BCUT2D eigenvalue weighted by Gasteiger charge is 2.06. The van der Waals surface area contributed by atoms with Crippen LogP contribution in [0, 0.1) is 13.8 Å². The minimum absolute atomic E-state index is 0.469. The van der Waals surface area contributed by atoms with Gasteiger partial charge in [0.2, 0.25) is 0 Å². The van der Waals surface area contributed by atoms with Crippen molar-refractivity contribution in [3.8, 4) is 5.13 Å². The normalized spacial score (nSPS) is 10.8. The van der Waals surface area contributed by atoms with E-state index in [0.29, 0.717) is 6.54 Å². The average Bonchev–Trinajstić information content (AvgIpc) is 2.74. The Morgan fingerprint density at radius 1 is 1.50 bits per heavy atom. The van der Waals surface area contributed by atoms with Gasteiger partial charge in [-0.2, -0.15) is 0 Å². The maximum Gasteiger partial charge on any atom is 0.195 e. The number of aromatic nitrogens is 3. The molecule has 0 aliphatic heterocycles. The van der Waals surface area contributed by atoms with E-state index in [2.05, 4.69) is 16.9 Å². The number of hydrogen-bond acceptors (Lipinski definition) is 4. The molecule has 2 rings (SSSR count). The number of imidazole rings is 1. The predicted molar refractivity (Wildman–Crippen MR) is 56.6 cm³/mol. The molecule has 14 heavy (non-hydrogen) atoms. The Morgan fingerprint density at radius 3 is 2.79 bits per heavy atom. The van der Waals surface area contributed by atoms with Gasteiger partial charge in [-0.25, -0.2) is 9.97 Å². The van der Waals surface area contributed by atoms with Crippen LogP contribution in [0.2, 0.25) is 0 Å². The second-order valence-electron chi connectivity index (χ2n) is 3.11. The molecule has 74 valence electrons. The van der Waals surface area contributed by atoms with Gasteiger partial charge < -0.3 is 5.73 Å². The fraction of sp³-hybridized carbons (Fsp3) is 0.333. The molecule has 2 aromatic rings. The fourth-order valence-electron chi connectivity index (χ4n) is 1.14. The third kappa shape index (κ3) is 1.56. The van der Waals surface area contributed by atoms with Crippen LogP contribution in [0.25, 0.3) is 5.13 Å². The number of thiazole rings is 1. The minimum atomic E-state index is 0.469. The van der Waals surface area contributed by atoms with Gasteiger partial charge in [0.05, 0.1) is 11.4 Å². The summed E-state index contributed by atoms with van der Waals surface area (Å²) in [5, 5.41) is 0.951. The lowest BCUT2D eigenvalue weighted by molar-refractivity contribution is 1.00. The van der Waals surface area contributed by atoms with Crippen molar-refractivity contribution >= 4 is 11.3 Å². The van der Waals surface area contributed by atoms with Crippen molar-refractivity contribution < 1.29 is 0 Å². The molecule has 5 heteroatoms. The summed E-state index contributed by atoms with van der Waals surface area (Å²) in [6.45, 7) is 4.55. The van der Waals surface area contributed by atoms with Crippen LogP contribution in [0.1, 0.15) is 16.3 Å². The van der Waals surface area contributed by atoms with Crippen molar-refractivity contribution in [3.63, 3.8) is 0 Å². The van der Waals surface area contributed by atoms with Crippen LogP contribution in [0.5, 0.6) is 0 Å². The molecule has 0 unspecified atom stereocenters. The van der Waals surface area contributed by atoms with Crippen LogP contribution >= 0.6 is 11.3 Å². The first kappa shape index (κ1) is 9.36. The van der Waals surface area contributed by atoms with Crippen molar-refractivity contribution in [2.75, 3.05) is 0 Å². The summed E-state index contributed by atoms with van der Waals surface area (Å²) in [6.07, 6.45) is 3.66. The summed E-state index contributed by atoms with van der Waals surface area (Å²) in [6, 6.07) is 0. The second-order valence-corrected chi connectivity index (χ2v) is 4.30. The smallest absolute Gasteiger partial charge is 0.195 e. The zero-order valence-corrected chi connectivity index (χ0v) is 9.01. The van der Waals surface area contributed by atoms with E-state index in [1.807, 2.05) is 17.7 Å². The summed E-state index contributed by atoms with van der Waals surface area (Å²) in [5.74, 6) is 0. The molecule has 2 N–H and O–H groups in total. The van der Waals surface area contributed by atoms with Crippen molar-refractivity contribution in [3.05, 3.63) is 28.8 Å². The predicted octanol–water partition coefficient (Wildman–Crippen LogP) is 1.40. The Hall–Kier alpha value is -1.20. The van der Waals surface area contributed by atoms with Gasteiger partial charge in [-0.15, -0.1) is 11.3 Å². The van der Waals surface area contributed by atoms with Gasteiger partial charge >= 0.3 is 0 Å². The van der Waals surface area contributed by atoms with Crippen molar-refractivity contribution in [1.29, 1.82) is 0 Å². The van der Waals surface area contributed by atoms with Crippen molar-refractivity contribution in [2.45, 2.75) is 20.4 Å². The van der Waals surface area contributed by atoms with Crippen LogP contribution in [0.15, 0.2) is 12.5 Å². The summed E-state index contributed by atoms with van der Waals surface area (Å²) in [5.41, 5.74) is 7.45. The van der Waals surface area contributed by atoms with E-state index >= 15 is 0 Å². The molecule has 0 amide bonds. The highest BCUT2D eigenvalue weighted by molar-refractivity contribution is 7.14. The lowest BCUT2D eigenvalue weighted by atomic mass is 10.4. The molecule has 0 saturated heterocycles. The molecule has 0 aromatic carbocycles. The Bertz CT molecular complexity index is 424. The number of rotatable bonds is 2. The third-order valence-electron chi connectivity index (χ3n) is 2.08. The van der Waals surface area contributed by atoms with Gasteiger partial charge in [-0.05, 0) is 13.8 Å². The highest BCUT2D eigenvalue weighted by atomic mass is 32.1. The van der Waals surface area contributed by atoms with Crippen LogP contribution in [-0.2, 0) is 6.54 Å². The summed E-state index contributed by atoms with van der Waals surface area (Å²) in [7, 11) is 0. The molecule has 2 heterocycles. The van der Waals surface area contributed by atoms with Crippen LogP contribution in [-0.4, -0.2) is 14.5 Å². The molecule has 0 aliphatic rings. The number of nitrogens with two attached hydrogens (primary N) is 1. The molecule has 0 atom stereocenters. The maximum atomic E-state index is 5.48. The molecule has 0 aliphatic carbocycles. The first-order valence-electron chi connectivity index (χ1n) is 4.38. The van der Waals surface area contributed by atoms with Crippen LogP contribution in [0.3, 0.4) is 0 Å². The van der Waals surface area contributed by atoms with Crippen LogP contribution in [0.4, 0.5) is 0 Å². The molecule has 0 spiro atoms. The van der Waals surface area contributed by atoms with E-state index in [9.17, 15) is 0 Å². The monoisotopic (exact) mass is 208 g/mol. The first-order chi connectivity index (χ1) is 6.70. The molecular weight excluding hydrogens is 196 g/mol. The Morgan fingerprint density at radius 2 is 2.29 bits per heavy atom. The fourth-order valence-corrected chi connectivity index (χ4v) is 1.99. The molecule has 2 aromatic heterocycles. The Labute approximate surface area is 86.4 Å². The maximum absolute atomic E-state index is 5.48. The van der Waals surface area contributed by atoms with E-state index in [0.717, 1.165) is 16.5 Å². The van der Waals surface area contributed by atoms with E-state index in [-0.39, 0.29) is 0 Å². The van der Waals surface area contributed by atoms with Gasteiger partial charge in [0.15, 0.2) is 5.13 Å². The van der Waals surface area contributed by atoms with Gasteiger partial charge in [0.25, 0.3) is 0 Å². The van der Waals surface area contributed by atoms with E-state index in [1.165, 1.54) is 4.88 Å². The largest absolute Gasteiger partial charge is 0.325 e. The van der Waals surface area contributed by atoms with Crippen molar-refractivity contribution in [2.24, 2.45) is 5.73 Å². The average molecular weight is 208 g/mol. The summed E-state index contributed by atoms with van der Waals surface area (Å²) >= 11 is 1.66. The number of aryl methyl sites for hydroxylation is 2. The SMILES string of the molecule is Cc1nc(-n2cnc(CN)c2)sc1C. The van der Waals surface area contributed by atoms with E-state index in [1.54, 1.807) is 17.7 Å². The lowest BCUT2D eigenvalue weighted by Crippen LogP contribution is -1.95. The Balaban J connectivity index is 2.39. The minimum Gasteiger partial charge on any atom is -0.325 e. The number of hydrogen-bond donors (Lipinski definition) is 1. The number of nitrogens with zero attached hydrogens (tertiary/aromatic N) is 3. The molecule has 0 saturated carbocycles. The first-order valence-corrected chi connectivity index (χ1v) is 5.19. The third-order valence-corrected chi connectivity index (χ3v) is 3.17. The molecule has 0 fully saturated rings. The quantitative estimate of drug-likeness (QED) is 0.811. The second kappa shape index (κ2) is 3.51. The standard InChI is InChI=1S/C9H12N4S/c1-6-7(2)14-9(12-6)13-4-8(3-10)11-5-13/h4-5H,3,10H2,1-2H3. The topological polar surface area (TPSA) is 56.7 Å². The lowest BCUT2D eigenvalue weighted by Gasteiger charge is -1.92. The van der Waals surface area contributed by atoms with Gasteiger partial charge in [-0.3, -0.25) is 4.57 Å². The van der Waals surface area contributed by atoms with Crippen LogP contribution < -0.4 is 5.73 Å². The molecule has 0 radical (unpaired) electrons. The molecular formula is C9H12N4S. The summed E-state index contributed by atoms with van der Waals surface area (Å²) in [4.78, 5) is 9.82. The molecule has 4 nitrogen and oxygen atoms in total. The van der Waals surface area contributed by atoms with E-state index in [4.69, 9.17) is 5.73 Å². The van der Waals surface area contributed by atoms with Gasteiger partial charge in [0, 0.05) is 17.6 Å². The Kier molecular flexibility index (Phi) is 2.35. The van der Waals surface area contributed by atoms with Gasteiger partial charge in [-0.1, -0.05) is 0 Å². The molecule has 0 bridgehead atoms. The summed E-state index contributed by atoms with van der Waals surface area (Å²) < 4.78 is 1.91. The highest BCUT2D eigenvalue weighted by Crippen LogP contribution is 2.20. The zero-order chi connectivity index (χ0) is 10.1. The van der Waals surface area contributed by atoms with Crippen molar-refractivity contribution in [1.82, 2.24) is 14.5 Å².